The molecule has 3 rings (SSSR count). The van der Waals surface area contributed by atoms with Crippen molar-refractivity contribution in [3.05, 3.63) is 58.1 Å². The zero-order valence-electron chi connectivity index (χ0n) is 13.8. The van der Waals surface area contributed by atoms with Gasteiger partial charge in [0.2, 0.25) is 10.0 Å². The van der Waals surface area contributed by atoms with Gasteiger partial charge >= 0.3 is 0 Å². The molecule has 0 saturated heterocycles. The van der Waals surface area contributed by atoms with Gasteiger partial charge in [0.25, 0.3) is 0 Å². The van der Waals surface area contributed by atoms with Crippen LogP contribution in [0.5, 0.6) is 5.75 Å². The monoisotopic (exact) mass is 425 g/mol. The van der Waals surface area contributed by atoms with E-state index < -0.39 is 15.6 Å². The summed E-state index contributed by atoms with van der Waals surface area (Å²) in [4.78, 5) is 0.157. The highest BCUT2D eigenvalue weighted by Gasteiger charge is 2.36. The summed E-state index contributed by atoms with van der Waals surface area (Å²) in [6, 6.07) is 12.1. The minimum atomic E-state index is -3.73. The van der Waals surface area contributed by atoms with Crippen molar-refractivity contribution in [2.24, 2.45) is 0 Å². The molecule has 0 spiro atoms. The molecule has 25 heavy (non-hydrogen) atoms. The van der Waals surface area contributed by atoms with Crippen LogP contribution in [0.4, 0.5) is 0 Å². The van der Waals surface area contributed by atoms with E-state index in [2.05, 4.69) is 20.7 Å². The quantitative estimate of drug-likeness (QED) is 0.771. The number of sulfonamides is 1. The Morgan fingerprint density at radius 3 is 2.76 bits per heavy atom. The molecule has 0 saturated carbocycles. The van der Waals surface area contributed by atoms with Crippen LogP contribution in [-0.4, -0.2) is 27.2 Å². The highest BCUT2D eigenvalue weighted by molar-refractivity contribution is 9.10. The third-order valence-electron chi connectivity index (χ3n) is 4.53. The normalized spacial score (nSPS) is 20.1. The second-order valence-corrected chi connectivity index (χ2v) is 8.75. The van der Waals surface area contributed by atoms with Crippen molar-refractivity contribution in [3.8, 4) is 5.75 Å². The fourth-order valence-corrected chi connectivity index (χ4v) is 5.29. The average molecular weight is 426 g/mol. The first-order valence-electron chi connectivity index (χ1n) is 8.00. The maximum Gasteiger partial charge on any atom is 0.241 e. The number of aryl methyl sites for hydroxylation is 1. The van der Waals surface area contributed by atoms with Crippen LogP contribution in [0.25, 0.3) is 0 Å². The van der Waals surface area contributed by atoms with Crippen LogP contribution in [0.1, 0.15) is 24.0 Å². The van der Waals surface area contributed by atoms with Crippen molar-refractivity contribution in [1.29, 1.82) is 0 Å². The van der Waals surface area contributed by atoms with Crippen LogP contribution in [0.15, 0.2) is 51.8 Å². The number of methoxy groups -OCH3 is 1. The van der Waals surface area contributed by atoms with E-state index >= 15 is 0 Å². The molecule has 0 radical (unpaired) electrons. The first-order valence-corrected chi connectivity index (χ1v) is 10.3. The molecule has 0 amide bonds. The van der Waals surface area contributed by atoms with E-state index in [0.29, 0.717) is 10.9 Å². The zero-order valence-corrected chi connectivity index (χ0v) is 16.2. The van der Waals surface area contributed by atoms with Crippen molar-refractivity contribution in [2.75, 3.05) is 13.7 Å². The molecule has 2 N–H and O–H groups in total. The van der Waals surface area contributed by atoms with Gasteiger partial charge in [-0.2, -0.15) is 0 Å². The van der Waals surface area contributed by atoms with Crippen LogP contribution < -0.4 is 9.46 Å². The van der Waals surface area contributed by atoms with E-state index in [1.807, 2.05) is 12.1 Å². The molecule has 0 bridgehead atoms. The van der Waals surface area contributed by atoms with Gasteiger partial charge in [-0.3, -0.25) is 0 Å². The van der Waals surface area contributed by atoms with E-state index in [0.717, 1.165) is 29.7 Å². The fraction of sp³-hybridized carbons (Fsp3) is 0.333. The Hall–Kier alpha value is -1.41. The average Bonchev–Trinajstić information content (AvgIpc) is 2.60. The number of nitrogens with one attached hydrogen (secondary N) is 1. The first kappa shape index (κ1) is 18.4. The van der Waals surface area contributed by atoms with Gasteiger partial charge in [-0.1, -0.05) is 18.2 Å². The summed E-state index contributed by atoms with van der Waals surface area (Å²) in [6.07, 6.45) is 2.13. The van der Waals surface area contributed by atoms with Gasteiger partial charge in [-0.25, -0.2) is 13.1 Å². The lowest BCUT2D eigenvalue weighted by Crippen LogP contribution is -2.43. The lowest BCUT2D eigenvalue weighted by Gasteiger charge is -2.34. The maximum atomic E-state index is 12.6. The molecule has 2 aromatic carbocycles. The number of ether oxygens (including phenoxy) is 1. The van der Waals surface area contributed by atoms with Crippen molar-refractivity contribution >= 4 is 26.0 Å². The third kappa shape index (κ3) is 3.74. The summed E-state index contributed by atoms with van der Waals surface area (Å²) in [5.74, 6) is 0.733. The number of benzene rings is 2. The number of aliphatic hydroxyl groups is 1. The lowest BCUT2D eigenvalue weighted by molar-refractivity contribution is 0.0242. The second-order valence-electron chi connectivity index (χ2n) is 6.16. The zero-order chi connectivity index (χ0) is 18.1. The molecule has 0 heterocycles. The molecule has 0 aromatic heterocycles. The fourth-order valence-electron chi connectivity index (χ4n) is 3.20. The SMILES string of the molecule is COc1ccc2c(c1)CCC[C@]2(O)CNS(=O)(=O)c1ccccc1Br. The number of hydrogen-bond donors (Lipinski definition) is 2. The van der Waals surface area contributed by atoms with Gasteiger partial charge < -0.3 is 9.84 Å². The summed E-state index contributed by atoms with van der Waals surface area (Å²) in [5.41, 5.74) is 0.524. The van der Waals surface area contributed by atoms with Crippen molar-refractivity contribution in [2.45, 2.75) is 29.8 Å². The van der Waals surface area contributed by atoms with Gasteiger partial charge in [0, 0.05) is 11.0 Å². The van der Waals surface area contributed by atoms with Gasteiger partial charge in [0.15, 0.2) is 0 Å². The predicted molar refractivity (Wildman–Crippen MR) is 99.2 cm³/mol. The van der Waals surface area contributed by atoms with Crippen molar-refractivity contribution in [1.82, 2.24) is 4.72 Å². The Balaban J connectivity index is 1.85. The van der Waals surface area contributed by atoms with Crippen LogP contribution >= 0.6 is 15.9 Å². The minimum absolute atomic E-state index is 0.0734. The summed E-state index contributed by atoms with van der Waals surface area (Å²) in [6.45, 7) is -0.0734. The Bertz CT molecular complexity index is 884. The number of halogens is 1. The molecule has 1 aliphatic rings. The van der Waals surface area contributed by atoms with Gasteiger partial charge in [-0.05, 0) is 70.6 Å². The Morgan fingerprint density at radius 1 is 1.28 bits per heavy atom. The molecule has 1 aliphatic carbocycles. The largest absolute Gasteiger partial charge is 0.497 e. The molecular weight excluding hydrogens is 406 g/mol. The number of hydrogen-bond acceptors (Lipinski definition) is 4. The third-order valence-corrected chi connectivity index (χ3v) is 6.94. The van der Waals surface area contributed by atoms with E-state index in [1.165, 1.54) is 6.07 Å². The van der Waals surface area contributed by atoms with E-state index in [4.69, 9.17) is 4.74 Å². The number of fused-ring (bicyclic) bond motifs is 1. The van der Waals surface area contributed by atoms with Gasteiger partial charge in [0.05, 0.1) is 12.0 Å². The summed E-state index contributed by atoms with van der Waals surface area (Å²) in [5, 5.41) is 11.1. The Kier molecular flexibility index (Phi) is 5.20. The molecule has 134 valence electrons. The van der Waals surface area contributed by atoms with Crippen LogP contribution in [0.2, 0.25) is 0 Å². The van der Waals surface area contributed by atoms with Crippen LogP contribution in [0, 0.1) is 0 Å². The van der Waals surface area contributed by atoms with Crippen LogP contribution in [-0.2, 0) is 22.0 Å². The predicted octanol–water partition coefficient (Wildman–Crippen LogP) is 2.96. The molecule has 2 aromatic rings. The van der Waals surface area contributed by atoms with Gasteiger partial charge in [-0.15, -0.1) is 0 Å². The molecule has 5 nitrogen and oxygen atoms in total. The van der Waals surface area contributed by atoms with Gasteiger partial charge in [0.1, 0.15) is 11.4 Å². The Morgan fingerprint density at radius 2 is 2.04 bits per heavy atom. The summed E-state index contributed by atoms with van der Waals surface area (Å²) >= 11 is 3.26. The first-order chi connectivity index (χ1) is 11.9. The Labute approximate surface area is 156 Å². The molecule has 1 atom stereocenters. The van der Waals surface area contributed by atoms with Crippen LogP contribution in [0.3, 0.4) is 0 Å². The molecule has 0 fully saturated rings. The minimum Gasteiger partial charge on any atom is -0.497 e. The maximum absolute atomic E-state index is 12.6. The van der Waals surface area contributed by atoms with E-state index in [9.17, 15) is 13.5 Å². The van der Waals surface area contributed by atoms with Crippen molar-refractivity contribution < 1.29 is 18.3 Å². The summed E-state index contributed by atoms with van der Waals surface area (Å²) in [7, 11) is -2.13. The van der Waals surface area contributed by atoms with E-state index in [1.54, 1.807) is 31.4 Å². The molecule has 0 unspecified atom stereocenters. The highest BCUT2D eigenvalue weighted by Crippen LogP contribution is 2.37. The molecule has 0 aliphatic heterocycles. The molecular formula is C18H20BrNO4S. The van der Waals surface area contributed by atoms with E-state index in [-0.39, 0.29) is 11.4 Å². The standard InChI is InChI=1S/C18H20BrNO4S/c1-24-14-8-9-15-13(11-14)5-4-10-18(15,21)12-20-25(22,23)17-7-3-2-6-16(17)19/h2-3,6-9,11,20-21H,4-5,10,12H2,1H3/t18-/m0/s1. The highest BCUT2D eigenvalue weighted by atomic mass is 79.9. The topological polar surface area (TPSA) is 75.6 Å². The second kappa shape index (κ2) is 7.07. The number of rotatable bonds is 5. The smallest absolute Gasteiger partial charge is 0.241 e. The lowest BCUT2D eigenvalue weighted by atomic mass is 9.79. The summed E-state index contributed by atoms with van der Waals surface area (Å²) < 4.78 is 33.4. The van der Waals surface area contributed by atoms with Crippen molar-refractivity contribution in [3.63, 3.8) is 0 Å². The molecule has 7 heteroatoms.